The lowest BCUT2D eigenvalue weighted by Crippen LogP contribution is -2.58. The molecular weight excluding hydrogens is 402 g/mol. The van der Waals surface area contributed by atoms with Gasteiger partial charge in [-0.15, -0.1) is 0 Å². The summed E-state index contributed by atoms with van der Waals surface area (Å²) in [6.45, 7) is 5.76. The van der Waals surface area contributed by atoms with E-state index in [0.29, 0.717) is 13.1 Å². The number of rotatable bonds is 6. The van der Waals surface area contributed by atoms with E-state index < -0.39 is 5.54 Å². The molecule has 2 aromatic rings. The van der Waals surface area contributed by atoms with Gasteiger partial charge in [0, 0.05) is 31.4 Å². The van der Waals surface area contributed by atoms with Crippen molar-refractivity contribution < 1.29 is 14.3 Å². The van der Waals surface area contributed by atoms with E-state index >= 15 is 0 Å². The highest BCUT2D eigenvalue weighted by molar-refractivity contribution is 5.91. The van der Waals surface area contributed by atoms with Crippen molar-refractivity contribution in [1.82, 2.24) is 15.2 Å². The number of ether oxygens (including phenoxy) is 1. The summed E-state index contributed by atoms with van der Waals surface area (Å²) in [6, 6.07) is 15.6. The van der Waals surface area contributed by atoms with Gasteiger partial charge in [0.25, 0.3) is 0 Å². The maximum absolute atomic E-state index is 13.2. The van der Waals surface area contributed by atoms with Gasteiger partial charge >= 0.3 is 0 Å². The third-order valence-electron chi connectivity index (χ3n) is 6.75. The predicted molar refractivity (Wildman–Crippen MR) is 123 cm³/mol. The lowest BCUT2D eigenvalue weighted by molar-refractivity contribution is -0.142. The molecule has 2 saturated heterocycles. The van der Waals surface area contributed by atoms with Crippen LogP contribution in [0.5, 0.6) is 0 Å². The summed E-state index contributed by atoms with van der Waals surface area (Å²) < 4.78 is 6.12. The maximum Gasteiger partial charge on any atom is 0.247 e. The van der Waals surface area contributed by atoms with Crippen LogP contribution in [0, 0.1) is 5.41 Å². The molecular formula is C26H33N3O3. The van der Waals surface area contributed by atoms with Crippen molar-refractivity contribution in [3.63, 3.8) is 0 Å². The van der Waals surface area contributed by atoms with Crippen molar-refractivity contribution in [3.05, 3.63) is 66.0 Å². The Labute approximate surface area is 190 Å². The second-order valence-corrected chi connectivity index (χ2v) is 9.79. The fourth-order valence-electron chi connectivity index (χ4n) is 4.93. The van der Waals surface area contributed by atoms with Crippen LogP contribution in [0.3, 0.4) is 0 Å². The monoisotopic (exact) mass is 435 g/mol. The number of carbonyl (C=O) groups is 2. The van der Waals surface area contributed by atoms with Gasteiger partial charge in [-0.05, 0) is 56.2 Å². The topological polar surface area (TPSA) is 71.5 Å². The largest absolute Gasteiger partial charge is 0.377 e. The number of amides is 2. The van der Waals surface area contributed by atoms with Gasteiger partial charge in [0.1, 0.15) is 5.54 Å². The van der Waals surface area contributed by atoms with E-state index in [-0.39, 0.29) is 29.8 Å². The molecule has 0 bridgehead atoms. The number of aromatic nitrogens is 1. The van der Waals surface area contributed by atoms with Crippen LogP contribution in [0.15, 0.2) is 54.7 Å². The minimum Gasteiger partial charge on any atom is -0.377 e. The van der Waals surface area contributed by atoms with Crippen LogP contribution in [-0.2, 0) is 27.2 Å². The molecule has 6 heteroatoms. The number of carbonyl (C=O) groups excluding carboxylic acids is 2. The summed E-state index contributed by atoms with van der Waals surface area (Å²) in [5, 5.41) is 2.94. The van der Waals surface area contributed by atoms with Crippen molar-refractivity contribution in [2.45, 2.75) is 57.6 Å². The standard InChI is InChI=1S/C26H33N3O3/c1-25(2,28-23(30)16-20-8-4-3-5-9-20)24(31)29-14-11-26(12-15-29)18-22(32-19-26)17-21-10-6-7-13-27-21/h3-10,13,22H,11-12,14-19H2,1-2H3,(H,28,30)/t22-/m0/s1. The molecule has 0 radical (unpaired) electrons. The fraction of sp³-hybridized carbons (Fsp3) is 0.500. The summed E-state index contributed by atoms with van der Waals surface area (Å²) in [7, 11) is 0. The minimum atomic E-state index is -0.927. The van der Waals surface area contributed by atoms with E-state index in [0.717, 1.165) is 43.5 Å². The maximum atomic E-state index is 13.2. The molecule has 4 rings (SSSR count). The Kier molecular flexibility index (Phi) is 6.60. The van der Waals surface area contributed by atoms with Crippen LogP contribution >= 0.6 is 0 Å². The third kappa shape index (κ3) is 5.36. The number of nitrogens with zero attached hydrogens (tertiary/aromatic N) is 2. The van der Waals surface area contributed by atoms with Crippen molar-refractivity contribution in [2.75, 3.05) is 19.7 Å². The second-order valence-electron chi connectivity index (χ2n) is 9.79. The first-order chi connectivity index (χ1) is 15.4. The highest BCUT2D eigenvalue weighted by Gasteiger charge is 2.44. The Morgan fingerprint density at radius 3 is 2.53 bits per heavy atom. The van der Waals surface area contributed by atoms with Crippen LogP contribution in [0.4, 0.5) is 0 Å². The highest BCUT2D eigenvalue weighted by Crippen LogP contribution is 2.42. The van der Waals surface area contributed by atoms with Crippen LogP contribution in [-0.4, -0.2) is 53.0 Å². The van der Waals surface area contributed by atoms with Gasteiger partial charge in [0.2, 0.25) is 11.8 Å². The van der Waals surface area contributed by atoms with Gasteiger partial charge in [-0.1, -0.05) is 36.4 Å². The molecule has 2 aliphatic heterocycles. The highest BCUT2D eigenvalue weighted by atomic mass is 16.5. The number of hydrogen-bond donors (Lipinski definition) is 1. The molecule has 0 saturated carbocycles. The first kappa shape index (κ1) is 22.5. The van der Waals surface area contributed by atoms with E-state index in [1.807, 2.05) is 59.6 Å². The molecule has 2 amide bonds. The van der Waals surface area contributed by atoms with Crippen molar-refractivity contribution in [2.24, 2.45) is 5.41 Å². The van der Waals surface area contributed by atoms with E-state index in [2.05, 4.69) is 10.3 Å². The Hall–Kier alpha value is -2.73. The van der Waals surface area contributed by atoms with Crippen LogP contribution in [0.2, 0.25) is 0 Å². The van der Waals surface area contributed by atoms with Crippen LogP contribution < -0.4 is 5.32 Å². The smallest absolute Gasteiger partial charge is 0.247 e. The minimum absolute atomic E-state index is 0.0160. The van der Waals surface area contributed by atoms with E-state index in [4.69, 9.17) is 4.74 Å². The Bertz CT molecular complexity index is 922. The molecule has 1 aromatic carbocycles. The molecule has 32 heavy (non-hydrogen) atoms. The normalized spacial score (nSPS) is 20.3. The Morgan fingerprint density at radius 2 is 1.84 bits per heavy atom. The average Bonchev–Trinajstić information content (AvgIpc) is 3.16. The van der Waals surface area contributed by atoms with Gasteiger partial charge in [-0.3, -0.25) is 14.6 Å². The number of likely N-dealkylation sites (tertiary alicyclic amines) is 1. The zero-order chi connectivity index (χ0) is 22.6. The molecule has 1 N–H and O–H groups in total. The van der Waals surface area contributed by atoms with Crippen LogP contribution in [0.1, 0.15) is 44.4 Å². The lowest BCUT2D eigenvalue weighted by atomic mass is 9.76. The Balaban J connectivity index is 1.27. The molecule has 1 aromatic heterocycles. The zero-order valence-electron chi connectivity index (χ0n) is 19.0. The fourth-order valence-corrected chi connectivity index (χ4v) is 4.93. The van der Waals surface area contributed by atoms with Gasteiger partial charge in [-0.2, -0.15) is 0 Å². The molecule has 0 unspecified atom stereocenters. The molecule has 2 aliphatic rings. The summed E-state index contributed by atoms with van der Waals surface area (Å²) in [6.07, 6.45) is 6.02. The third-order valence-corrected chi connectivity index (χ3v) is 6.75. The van der Waals surface area contributed by atoms with Crippen LogP contribution in [0.25, 0.3) is 0 Å². The molecule has 170 valence electrons. The van der Waals surface area contributed by atoms with E-state index in [1.54, 1.807) is 13.8 Å². The first-order valence-corrected chi connectivity index (χ1v) is 11.5. The second kappa shape index (κ2) is 9.41. The Morgan fingerprint density at radius 1 is 1.12 bits per heavy atom. The number of nitrogens with one attached hydrogen (secondary N) is 1. The SMILES string of the molecule is CC(C)(NC(=O)Cc1ccccc1)C(=O)N1CCC2(CC1)CO[C@@H](Cc1ccccn1)C2. The van der Waals surface area contributed by atoms with Crippen molar-refractivity contribution in [3.8, 4) is 0 Å². The number of hydrogen-bond acceptors (Lipinski definition) is 4. The van der Waals surface area contributed by atoms with E-state index in [1.165, 1.54) is 0 Å². The predicted octanol–water partition coefficient (Wildman–Crippen LogP) is 3.16. The number of benzene rings is 1. The molecule has 3 heterocycles. The molecule has 1 atom stereocenters. The number of piperidine rings is 1. The number of pyridine rings is 1. The lowest BCUT2D eigenvalue weighted by Gasteiger charge is -2.41. The zero-order valence-corrected chi connectivity index (χ0v) is 19.0. The van der Waals surface area contributed by atoms with Crippen molar-refractivity contribution >= 4 is 11.8 Å². The van der Waals surface area contributed by atoms with Gasteiger partial charge in [0.05, 0.1) is 19.1 Å². The molecule has 1 spiro atoms. The summed E-state index contributed by atoms with van der Waals surface area (Å²) in [5.41, 5.74) is 1.23. The van der Waals surface area contributed by atoms with Gasteiger partial charge < -0.3 is 15.0 Å². The quantitative estimate of drug-likeness (QED) is 0.757. The summed E-state index contributed by atoms with van der Waals surface area (Å²) >= 11 is 0. The van der Waals surface area contributed by atoms with Gasteiger partial charge in [-0.25, -0.2) is 0 Å². The van der Waals surface area contributed by atoms with Gasteiger partial charge in [0.15, 0.2) is 0 Å². The average molecular weight is 436 g/mol. The molecule has 0 aliphatic carbocycles. The first-order valence-electron chi connectivity index (χ1n) is 11.5. The molecule has 2 fully saturated rings. The summed E-state index contributed by atoms with van der Waals surface area (Å²) in [4.78, 5) is 32.0. The molecule has 6 nitrogen and oxygen atoms in total. The summed E-state index contributed by atoms with van der Waals surface area (Å²) in [5.74, 6) is -0.151. The van der Waals surface area contributed by atoms with Crippen molar-refractivity contribution in [1.29, 1.82) is 0 Å². The van der Waals surface area contributed by atoms with E-state index in [9.17, 15) is 9.59 Å².